The number of fused-ring (bicyclic) bond motifs is 1. The minimum atomic E-state index is -0.360. The SMILES string of the molecule is Cn1c(=O)c2c(nc(SCc3ccccc3)n2CCCc2ccccc2)n(C)c1=O. The van der Waals surface area contributed by atoms with Gasteiger partial charge in [-0.1, -0.05) is 72.4 Å². The van der Waals surface area contributed by atoms with Crippen LogP contribution in [0.3, 0.4) is 0 Å². The summed E-state index contributed by atoms with van der Waals surface area (Å²) in [7, 11) is 3.18. The highest BCUT2D eigenvalue weighted by atomic mass is 32.2. The molecule has 30 heavy (non-hydrogen) atoms. The zero-order valence-electron chi connectivity index (χ0n) is 17.1. The summed E-state index contributed by atoms with van der Waals surface area (Å²) in [5.41, 5.74) is 2.72. The average Bonchev–Trinajstić information content (AvgIpc) is 3.15. The maximum Gasteiger partial charge on any atom is 0.332 e. The molecule has 0 radical (unpaired) electrons. The van der Waals surface area contributed by atoms with Gasteiger partial charge >= 0.3 is 5.69 Å². The topological polar surface area (TPSA) is 61.8 Å². The number of hydrogen-bond donors (Lipinski definition) is 0. The van der Waals surface area contributed by atoms with Crippen LogP contribution in [-0.4, -0.2) is 18.7 Å². The highest BCUT2D eigenvalue weighted by molar-refractivity contribution is 7.98. The molecule has 6 nitrogen and oxygen atoms in total. The molecule has 0 atom stereocenters. The summed E-state index contributed by atoms with van der Waals surface area (Å²) in [6, 6.07) is 20.5. The van der Waals surface area contributed by atoms with Gasteiger partial charge in [0.1, 0.15) is 0 Å². The summed E-state index contributed by atoms with van der Waals surface area (Å²) in [4.78, 5) is 30.0. The third-order valence-corrected chi connectivity index (χ3v) is 6.26. The second kappa shape index (κ2) is 8.75. The molecule has 2 heterocycles. The Bertz CT molecular complexity index is 1270. The maximum absolute atomic E-state index is 12.9. The van der Waals surface area contributed by atoms with Crippen LogP contribution in [0, 0.1) is 0 Å². The van der Waals surface area contributed by atoms with Crippen molar-refractivity contribution in [3.05, 3.63) is 92.6 Å². The number of nitrogens with zero attached hydrogens (tertiary/aromatic N) is 4. The van der Waals surface area contributed by atoms with Gasteiger partial charge in [-0.25, -0.2) is 9.78 Å². The fraction of sp³-hybridized carbons (Fsp3) is 0.261. The number of imidazole rings is 1. The molecule has 0 bridgehead atoms. The van der Waals surface area contributed by atoms with Gasteiger partial charge in [-0.3, -0.25) is 13.9 Å². The van der Waals surface area contributed by atoms with Crippen molar-refractivity contribution in [1.29, 1.82) is 0 Å². The highest BCUT2D eigenvalue weighted by Crippen LogP contribution is 2.25. The van der Waals surface area contributed by atoms with Crippen LogP contribution in [0.4, 0.5) is 0 Å². The van der Waals surface area contributed by atoms with Crippen molar-refractivity contribution in [3.63, 3.8) is 0 Å². The Morgan fingerprint density at radius 1 is 0.867 bits per heavy atom. The Labute approximate surface area is 178 Å². The van der Waals surface area contributed by atoms with Crippen molar-refractivity contribution >= 4 is 22.9 Å². The molecule has 0 saturated carbocycles. The molecule has 0 saturated heterocycles. The summed E-state index contributed by atoms with van der Waals surface area (Å²) in [5, 5.41) is 0.764. The predicted molar refractivity (Wildman–Crippen MR) is 121 cm³/mol. The molecule has 0 aliphatic heterocycles. The number of thioether (sulfide) groups is 1. The first-order valence-electron chi connectivity index (χ1n) is 9.93. The highest BCUT2D eigenvalue weighted by Gasteiger charge is 2.19. The number of aryl methyl sites for hydroxylation is 3. The van der Waals surface area contributed by atoms with Crippen molar-refractivity contribution in [2.75, 3.05) is 0 Å². The zero-order valence-corrected chi connectivity index (χ0v) is 17.9. The van der Waals surface area contributed by atoms with E-state index < -0.39 is 0 Å². The monoisotopic (exact) mass is 420 g/mol. The van der Waals surface area contributed by atoms with Gasteiger partial charge in [-0.2, -0.15) is 0 Å². The number of rotatable bonds is 7. The second-order valence-electron chi connectivity index (χ2n) is 7.29. The van der Waals surface area contributed by atoms with Gasteiger partial charge in [0.05, 0.1) is 0 Å². The van der Waals surface area contributed by atoms with Gasteiger partial charge in [0.2, 0.25) is 0 Å². The van der Waals surface area contributed by atoms with E-state index in [9.17, 15) is 9.59 Å². The fourth-order valence-corrected chi connectivity index (χ4v) is 4.53. The Kier molecular flexibility index (Phi) is 5.90. The molecule has 0 aliphatic carbocycles. The minimum absolute atomic E-state index is 0.299. The first-order valence-corrected chi connectivity index (χ1v) is 10.9. The molecule has 4 aromatic rings. The molecule has 154 valence electrons. The first kappa shape index (κ1) is 20.2. The van der Waals surface area contributed by atoms with Gasteiger partial charge in [0, 0.05) is 26.4 Å². The lowest BCUT2D eigenvalue weighted by Gasteiger charge is -2.10. The second-order valence-corrected chi connectivity index (χ2v) is 8.23. The van der Waals surface area contributed by atoms with E-state index in [1.807, 2.05) is 41.0 Å². The van der Waals surface area contributed by atoms with E-state index in [-0.39, 0.29) is 11.2 Å². The van der Waals surface area contributed by atoms with Crippen molar-refractivity contribution in [3.8, 4) is 0 Å². The normalized spacial score (nSPS) is 11.3. The van der Waals surface area contributed by atoms with Gasteiger partial charge in [-0.15, -0.1) is 0 Å². The lowest BCUT2D eigenvalue weighted by atomic mass is 10.1. The van der Waals surface area contributed by atoms with Crippen LogP contribution in [0.2, 0.25) is 0 Å². The van der Waals surface area contributed by atoms with Crippen molar-refractivity contribution < 1.29 is 0 Å². The third kappa shape index (κ3) is 3.98. The summed E-state index contributed by atoms with van der Waals surface area (Å²) < 4.78 is 4.59. The lowest BCUT2D eigenvalue weighted by molar-refractivity contribution is 0.605. The largest absolute Gasteiger partial charge is 0.332 e. The van der Waals surface area contributed by atoms with Gasteiger partial charge in [-0.05, 0) is 24.0 Å². The number of benzene rings is 2. The molecule has 0 aliphatic rings. The van der Waals surface area contributed by atoms with Crippen LogP contribution < -0.4 is 11.2 Å². The van der Waals surface area contributed by atoms with E-state index in [4.69, 9.17) is 4.98 Å². The zero-order chi connectivity index (χ0) is 21.1. The van der Waals surface area contributed by atoms with Gasteiger partial charge in [0.15, 0.2) is 16.3 Å². The maximum atomic E-state index is 12.9. The van der Waals surface area contributed by atoms with Gasteiger partial charge in [0.25, 0.3) is 5.56 Å². The Morgan fingerprint density at radius 2 is 1.50 bits per heavy atom. The average molecular weight is 421 g/mol. The van der Waals surface area contributed by atoms with Crippen LogP contribution >= 0.6 is 11.8 Å². The van der Waals surface area contributed by atoms with Gasteiger partial charge < -0.3 is 4.57 Å². The van der Waals surface area contributed by atoms with E-state index >= 15 is 0 Å². The van der Waals surface area contributed by atoms with Crippen LogP contribution in [0.25, 0.3) is 11.2 Å². The molecule has 7 heteroatoms. The predicted octanol–water partition coefficient (Wildman–Crippen LogP) is 3.36. The summed E-state index contributed by atoms with van der Waals surface area (Å²) in [6.07, 6.45) is 1.79. The molecule has 0 spiro atoms. The molecule has 2 aromatic carbocycles. The summed E-state index contributed by atoms with van der Waals surface area (Å²) >= 11 is 1.59. The fourth-order valence-electron chi connectivity index (χ4n) is 3.55. The Morgan fingerprint density at radius 3 is 2.17 bits per heavy atom. The number of aromatic nitrogens is 4. The first-order chi connectivity index (χ1) is 14.6. The van der Waals surface area contributed by atoms with E-state index in [1.165, 1.54) is 22.7 Å². The third-order valence-electron chi connectivity index (χ3n) is 5.21. The molecule has 4 rings (SSSR count). The van der Waals surface area contributed by atoms with E-state index in [0.29, 0.717) is 17.7 Å². The molecule has 0 amide bonds. The molecular formula is C23H24N4O2S. The molecule has 2 aromatic heterocycles. The minimum Gasteiger partial charge on any atom is -0.313 e. The van der Waals surface area contributed by atoms with Crippen LogP contribution in [0.1, 0.15) is 17.5 Å². The van der Waals surface area contributed by atoms with Crippen molar-refractivity contribution in [1.82, 2.24) is 18.7 Å². The Balaban J connectivity index is 1.70. The molecule has 0 N–H and O–H groups in total. The van der Waals surface area contributed by atoms with E-state index in [2.05, 4.69) is 24.3 Å². The van der Waals surface area contributed by atoms with E-state index in [0.717, 1.165) is 28.3 Å². The number of hydrogen-bond acceptors (Lipinski definition) is 4. The summed E-state index contributed by atoms with van der Waals surface area (Å²) in [5.74, 6) is 0.747. The molecule has 0 unspecified atom stereocenters. The lowest BCUT2D eigenvalue weighted by Crippen LogP contribution is -2.37. The van der Waals surface area contributed by atoms with Crippen molar-refractivity contribution in [2.24, 2.45) is 14.1 Å². The standard InChI is InChI=1S/C23H24N4O2S/c1-25-20-19(21(28)26(2)23(25)29)27(15-9-14-17-10-5-3-6-11-17)22(24-20)30-16-18-12-7-4-8-13-18/h3-8,10-13H,9,14-16H2,1-2H3. The van der Waals surface area contributed by atoms with E-state index in [1.54, 1.807) is 18.8 Å². The molecular weight excluding hydrogens is 396 g/mol. The van der Waals surface area contributed by atoms with Crippen LogP contribution in [0.15, 0.2) is 75.4 Å². The van der Waals surface area contributed by atoms with Crippen LogP contribution in [-0.2, 0) is 32.8 Å². The molecule has 0 fully saturated rings. The smallest absolute Gasteiger partial charge is 0.313 e. The summed E-state index contributed by atoms with van der Waals surface area (Å²) in [6.45, 7) is 0.663. The quantitative estimate of drug-likeness (QED) is 0.430. The van der Waals surface area contributed by atoms with Crippen molar-refractivity contribution in [2.45, 2.75) is 30.3 Å². The van der Waals surface area contributed by atoms with Crippen LogP contribution in [0.5, 0.6) is 0 Å². The Hall–Kier alpha value is -3.06.